The first-order valence-electron chi connectivity index (χ1n) is 6.46. The lowest BCUT2D eigenvalue weighted by Crippen LogP contribution is -2.25. The first kappa shape index (κ1) is 14.1. The van der Waals surface area contributed by atoms with Gasteiger partial charge in [0.15, 0.2) is 0 Å². The van der Waals surface area contributed by atoms with Gasteiger partial charge in [0.25, 0.3) is 0 Å². The molecule has 1 amide bonds. The summed E-state index contributed by atoms with van der Waals surface area (Å²) in [5.41, 5.74) is 0.676. The number of aromatic nitrogens is 4. The van der Waals surface area contributed by atoms with Crippen molar-refractivity contribution < 1.29 is 9.18 Å². The second-order valence-electron chi connectivity index (χ2n) is 4.37. The molecule has 0 radical (unpaired) electrons. The predicted octanol–water partition coefficient (Wildman–Crippen LogP) is 0.951. The van der Waals surface area contributed by atoms with Crippen molar-refractivity contribution in [2.75, 3.05) is 6.54 Å². The highest BCUT2D eigenvalue weighted by Crippen LogP contribution is 2.08. The van der Waals surface area contributed by atoms with Crippen molar-refractivity contribution in [2.45, 2.75) is 25.8 Å². The van der Waals surface area contributed by atoms with Gasteiger partial charge >= 0.3 is 0 Å². The summed E-state index contributed by atoms with van der Waals surface area (Å²) in [6.07, 6.45) is 3.10. The van der Waals surface area contributed by atoms with Crippen LogP contribution in [0.1, 0.15) is 18.4 Å². The topological polar surface area (TPSA) is 72.7 Å². The van der Waals surface area contributed by atoms with Crippen LogP contribution in [0.4, 0.5) is 4.39 Å². The highest BCUT2D eigenvalue weighted by molar-refractivity contribution is 5.75. The van der Waals surface area contributed by atoms with Gasteiger partial charge in [-0.15, -0.1) is 5.10 Å². The highest BCUT2D eigenvalue weighted by Gasteiger charge is 2.03. The molecule has 6 nitrogen and oxygen atoms in total. The van der Waals surface area contributed by atoms with Crippen LogP contribution < -0.4 is 5.32 Å². The molecule has 0 spiro atoms. The first-order valence-corrected chi connectivity index (χ1v) is 6.46. The smallest absolute Gasteiger partial charge is 0.221 e. The van der Waals surface area contributed by atoms with Crippen molar-refractivity contribution in [3.8, 4) is 0 Å². The SMILES string of the molecule is O=C(CCn1cnnn1)NCCCc1ccccc1F. The third-order valence-electron chi connectivity index (χ3n) is 2.86. The number of nitrogens with one attached hydrogen (secondary N) is 1. The molecule has 7 heteroatoms. The van der Waals surface area contributed by atoms with Crippen molar-refractivity contribution in [2.24, 2.45) is 0 Å². The maximum Gasteiger partial charge on any atom is 0.221 e. The Hall–Kier alpha value is -2.31. The molecule has 0 atom stereocenters. The number of aryl methyl sites for hydroxylation is 2. The Kier molecular flexibility index (Phi) is 5.16. The fraction of sp³-hybridized carbons (Fsp3) is 0.385. The highest BCUT2D eigenvalue weighted by atomic mass is 19.1. The van der Waals surface area contributed by atoms with E-state index in [0.29, 0.717) is 37.9 Å². The summed E-state index contributed by atoms with van der Waals surface area (Å²) in [5, 5.41) is 13.4. The predicted molar refractivity (Wildman–Crippen MR) is 70.2 cm³/mol. The lowest BCUT2D eigenvalue weighted by Gasteiger charge is -2.05. The molecule has 0 aliphatic heterocycles. The minimum Gasteiger partial charge on any atom is -0.356 e. The summed E-state index contributed by atoms with van der Waals surface area (Å²) in [6.45, 7) is 0.981. The molecule has 0 unspecified atom stereocenters. The fourth-order valence-electron chi connectivity index (χ4n) is 1.79. The van der Waals surface area contributed by atoms with Crippen LogP contribution in [0.5, 0.6) is 0 Å². The monoisotopic (exact) mass is 277 g/mol. The van der Waals surface area contributed by atoms with Gasteiger partial charge in [0.2, 0.25) is 5.91 Å². The molecule has 0 aliphatic rings. The van der Waals surface area contributed by atoms with Gasteiger partial charge in [-0.05, 0) is 34.9 Å². The van der Waals surface area contributed by atoms with Gasteiger partial charge in [-0.1, -0.05) is 18.2 Å². The quantitative estimate of drug-likeness (QED) is 0.765. The standard InChI is InChI=1S/C13H16FN5O/c14-12-6-2-1-4-11(12)5-3-8-15-13(20)7-9-19-10-16-17-18-19/h1-2,4,6,10H,3,5,7-9H2,(H,15,20). The maximum atomic E-state index is 13.3. The van der Waals surface area contributed by atoms with Crippen LogP contribution in [0, 0.1) is 5.82 Å². The Morgan fingerprint density at radius 1 is 1.35 bits per heavy atom. The Labute approximate surface area is 116 Å². The fourth-order valence-corrected chi connectivity index (χ4v) is 1.79. The zero-order chi connectivity index (χ0) is 14.2. The van der Waals surface area contributed by atoms with E-state index in [2.05, 4.69) is 20.8 Å². The molecule has 1 N–H and O–H groups in total. The number of carbonyl (C=O) groups excluding carboxylic acids is 1. The molecule has 20 heavy (non-hydrogen) atoms. The van der Waals surface area contributed by atoms with Crippen molar-refractivity contribution in [3.05, 3.63) is 42.0 Å². The Balaban J connectivity index is 1.61. The number of hydrogen-bond acceptors (Lipinski definition) is 4. The van der Waals surface area contributed by atoms with Crippen molar-refractivity contribution in [1.29, 1.82) is 0 Å². The van der Waals surface area contributed by atoms with Crippen LogP contribution in [0.15, 0.2) is 30.6 Å². The van der Waals surface area contributed by atoms with Crippen LogP contribution in [0.3, 0.4) is 0 Å². The Morgan fingerprint density at radius 2 is 2.20 bits per heavy atom. The van der Waals surface area contributed by atoms with Crippen LogP contribution in [-0.2, 0) is 17.8 Å². The van der Waals surface area contributed by atoms with E-state index in [1.54, 1.807) is 12.1 Å². The molecule has 2 aromatic rings. The average Bonchev–Trinajstić information content (AvgIpc) is 2.96. The molecule has 0 fully saturated rings. The average molecular weight is 277 g/mol. The van der Waals surface area contributed by atoms with Crippen molar-refractivity contribution >= 4 is 5.91 Å². The van der Waals surface area contributed by atoms with E-state index in [0.717, 1.165) is 0 Å². The first-order chi connectivity index (χ1) is 9.75. The Morgan fingerprint density at radius 3 is 2.95 bits per heavy atom. The second kappa shape index (κ2) is 7.32. The summed E-state index contributed by atoms with van der Waals surface area (Å²) in [5.74, 6) is -0.258. The molecule has 106 valence electrons. The summed E-state index contributed by atoms with van der Waals surface area (Å²) in [4.78, 5) is 11.5. The lowest BCUT2D eigenvalue weighted by molar-refractivity contribution is -0.121. The third kappa shape index (κ3) is 4.42. The van der Waals surface area contributed by atoms with Crippen molar-refractivity contribution in [1.82, 2.24) is 25.5 Å². The molecule has 1 aromatic carbocycles. The summed E-state index contributed by atoms with van der Waals surface area (Å²) in [6, 6.07) is 6.68. The number of benzene rings is 1. The molecular weight excluding hydrogens is 261 g/mol. The number of nitrogens with zero attached hydrogens (tertiary/aromatic N) is 4. The molecule has 0 saturated heterocycles. The number of halogens is 1. The zero-order valence-corrected chi connectivity index (χ0v) is 11.0. The van der Waals surface area contributed by atoms with E-state index < -0.39 is 0 Å². The van der Waals surface area contributed by atoms with E-state index in [1.165, 1.54) is 17.1 Å². The van der Waals surface area contributed by atoms with Crippen molar-refractivity contribution in [3.63, 3.8) is 0 Å². The van der Waals surface area contributed by atoms with Gasteiger partial charge in [-0.2, -0.15) is 0 Å². The largest absolute Gasteiger partial charge is 0.356 e. The van der Waals surface area contributed by atoms with Crippen LogP contribution >= 0.6 is 0 Å². The molecule has 1 aromatic heterocycles. The van der Waals surface area contributed by atoms with Gasteiger partial charge < -0.3 is 5.32 Å². The normalized spacial score (nSPS) is 10.4. The van der Waals surface area contributed by atoms with Crippen LogP contribution in [0.25, 0.3) is 0 Å². The number of tetrazole rings is 1. The minimum absolute atomic E-state index is 0.0611. The van der Waals surface area contributed by atoms with Gasteiger partial charge in [-0.25, -0.2) is 9.07 Å². The number of rotatable bonds is 7. The van der Waals surface area contributed by atoms with Gasteiger partial charge in [-0.3, -0.25) is 4.79 Å². The van der Waals surface area contributed by atoms with Gasteiger partial charge in [0, 0.05) is 13.0 Å². The van der Waals surface area contributed by atoms with Crippen LogP contribution in [0.2, 0.25) is 0 Å². The minimum atomic E-state index is -0.197. The number of hydrogen-bond donors (Lipinski definition) is 1. The summed E-state index contributed by atoms with van der Waals surface area (Å²) >= 11 is 0. The zero-order valence-electron chi connectivity index (χ0n) is 11.0. The Bertz CT molecular complexity index is 543. The third-order valence-corrected chi connectivity index (χ3v) is 2.86. The van der Waals surface area contributed by atoms with Gasteiger partial charge in [0.05, 0.1) is 6.54 Å². The van der Waals surface area contributed by atoms with E-state index in [-0.39, 0.29) is 11.7 Å². The molecule has 0 bridgehead atoms. The lowest BCUT2D eigenvalue weighted by atomic mass is 10.1. The molecular formula is C13H16FN5O. The summed E-state index contributed by atoms with van der Waals surface area (Å²) in [7, 11) is 0. The number of carbonyl (C=O) groups is 1. The molecule has 0 aliphatic carbocycles. The maximum absolute atomic E-state index is 13.3. The van der Waals surface area contributed by atoms with E-state index >= 15 is 0 Å². The van der Waals surface area contributed by atoms with Crippen LogP contribution in [-0.4, -0.2) is 32.7 Å². The molecule has 0 saturated carbocycles. The van der Waals surface area contributed by atoms with E-state index in [9.17, 15) is 9.18 Å². The summed E-state index contributed by atoms with van der Waals surface area (Å²) < 4.78 is 14.8. The second-order valence-corrected chi connectivity index (χ2v) is 4.37. The van der Waals surface area contributed by atoms with E-state index in [4.69, 9.17) is 0 Å². The van der Waals surface area contributed by atoms with E-state index in [1.807, 2.05) is 6.07 Å². The molecule has 2 rings (SSSR count). The number of amides is 1. The molecule has 1 heterocycles. The van der Waals surface area contributed by atoms with Gasteiger partial charge in [0.1, 0.15) is 12.1 Å².